The van der Waals surface area contributed by atoms with E-state index in [9.17, 15) is 28.8 Å². The van der Waals surface area contributed by atoms with E-state index in [4.69, 9.17) is 23.7 Å². The molecule has 16 heteroatoms. The summed E-state index contributed by atoms with van der Waals surface area (Å²) in [5, 5.41) is 2.37. The normalized spacial score (nSPS) is 20.1. The van der Waals surface area contributed by atoms with Gasteiger partial charge < -0.3 is 33.6 Å². The number of rotatable bonds is 9. The quantitative estimate of drug-likeness (QED) is 0.191. The predicted octanol–water partition coefficient (Wildman–Crippen LogP) is 0.972. The maximum atomic E-state index is 13.5. The molecule has 0 aromatic carbocycles. The fourth-order valence-electron chi connectivity index (χ4n) is 4.03. The monoisotopic (exact) mass is 580 g/mol. The molecule has 0 bridgehead atoms. The average molecular weight is 581 g/mol. The summed E-state index contributed by atoms with van der Waals surface area (Å²) < 4.78 is 28.3. The molecule has 1 fully saturated rings. The van der Waals surface area contributed by atoms with Crippen LogP contribution in [0.2, 0.25) is 0 Å². The third kappa shape index (κ3) is 6.74. The predicted molar refractivity (Wildman–Crippen MR) is 137 cm³/mol. The Balaban J connectivity index is 2.37. The van der Waals surface area contributed by atoms with Crippen LogP contribution in [0, 0.1) is 0 Å². The number of esters is 4. The summed E-state index contributed by atoms with van der Waals surface area (Å²) in [6.45, 7) is 5.75. The molecule has 40 heavy (non-hydrogen) atoms. The molecule has 216 valence electrons. The number of hydrogen-bond donors (Lipinski definition) is 1. The van der Waals surface area contributed by atoms with Gasteiger partial charge in [0, 0.05) is 33.9 Å². The first-order valence-electron chi connectivity index (χ1n) is 12.0. The Morgan fingerprint density at radius 2 is 1.65 bits per heavy atom. The van der Waals surface area contributed by atoms with Crippen molar-refractivity contribution in [1.29, 1.82) is 0 Å². The van der Waals surface area contributed by atoms with Crippen molar-refractivity contribution in [2.24, 2.45) is 0 Å². The van der Waals surface area contributed by atoms with E-state index in [0.29, 0.717) is 0 Å². The Hall–Kier alpha value is -4.05. The standard InChI is InChI=1S/C24H28N4O11S/c1-7-35-23(34)14-8-28(21-16(17(14)33)20(25-10(2)29)26-24(27-21)40-6)22-19(38-13(5)32)18(37-12(4)31)15(39-22)9-36-11(3)30/h8,15,18-19,22H,7,9H2,1-6H3,(H,25,26,27,29)/t15-,18-,19?,22?/m1/s1. The van der Waals surface area contributed by atoms with Crippen molar-refractivity contribution in [2.75, 3.05) is 24.8 Å². The van der Waals surface area contributed by atoms with E-state index in [-0.39, 0.29) is 35.2 Å². The van der Waals surface area contributed by atoms with Crippen LogP contribution in [0.15, 0.2) is 16.1 Å². The van der Waals surface area contributed by atoms with E-state index in [2.05, 4.69) is 15.3 Å². The molecule has 2 aromatic heterocycles. The number of anilines is 1. The highest BCUT2D eigenvalue weighted by atomic mass is 32.2. The molecule has 0 spiro atoms. The number of fused-ring (bicyclic) bond motifs is 1. The van der Waals surface area contributed by atoms with Crippen LogP contribution in [0.25, 0.3) is 11.0 Å². The number of hydrogen-bond acceptors (Lipinski definition) is 14. The largest absolute Gasteiger partial charge is 0.463 e. The topological polar surface area (TPSA) is 191 Å². The number of aromatic nitrogens is 3. The Labute approximate surface area is 231 Å². The zero-order chi connectivity index (χ0) is 29.7. The van der Waals surface area contributed by atoms with Gasteiger partial charge in [0.1, 0.15) is 23.7 Å². The van der Waals surface area contributed by atoms with Gasteiger partial charge in [-0.3, -0.25) is 24.0 Å². The van der Waals surface area contributed by atoms with E-state index in [1.54, 1.807) is 13.2 Å². The Morgan fingerprint density at radius 1 is 1.00 bits per heavy atom. The zero-order valence-electron chi connectivity index (χ0n) is 22.5. The van der Waals surface area contributed by atoms with E-state index >= 15 is 0 Å². The molecule has 1 amide bonds. The van der Waals surface area contributed by atoms with Gasteiger partial charge in [0.2, 0.25) is 11.3 Å². The van der Waals surface area contributed by atoms with Gasteiger partial charge in [0.05, 0.1) is 6.61 Å². The summed E-state index contributed by atoms with van der Waals surface area (Å²) in [5.41, 5.74) is -1.40. The summed E-state index contributed by atoms with van der Waals surface area (Å²) in [7, 11) is 0. The molecular weight excluding hydrogens is 552 g/mol. The van der Waals surface area contributed by atoms with Gasteiger partial charge in [-0.2, -0.15) is 0 Å². The third-order valence-corrected chi connectivity index (χ3v) is 5.99. The van der Waals surface area contributed by atoms with Gasteiger partial charge in [0.15, 0.2) is 35.1 Å². The summed E-state index contributed by atoms with van der Waals surface area (Å²) >= 11 is 1.10. The van der Waals surface area contributed by atoms with Crippen molar-refractivity contribution in [3.63, 3.8) is 0 Å². The van der Waals surface area contributed by atoms with E-state index in [1.807, 2.05) is 0 Å². The SMILES string of the molecule is CCOC(=O)c1cn(C2O[C@H](COC(C)=O)[C@@H](OC(C)=O)C2OC(C)=O)c2nc(SC)nc(NC(C)=O)c2c1=O. The first kappa shape index (κ1) is 30.5. The maximum Gasteiger partial charge on any atom is 0.343 e. The van der Waals surface area contributed by atoms with Crippen LogP contribution in [-0.4, -0.2) is 82.1 Å². The van der Waals surface area contributed by atoms with Crippen LogP contribution < -0.4 is 10.7 Å². The molecule has 4 atom stereocenters. The second kappa shape index (κ2) is 12.9. The van der Waals surface area contributed by atoms with Gasteiger partial charge in [-0.05, 0) is 13.2 Å². The number of amides is 1. The van der Waals surface area contributed by atoms with E-state index < -0.39 is 65.3 Å². The molecule has 0 aliphatic carbocycles. The van der Waals surface area contributed by atoms with Gasteiger partial charge >= 0.3 is 23.9 Å². The van der Waals surface area contributed by atoms with Crippen LogP contribution in [-0.2, 0) is 42.9 Å². The number of carbonyl (C=O) groups is 5. The molecule has 15 nitrogen and oxygen atoms in total. The molecule has 3 rings (SSSR count). The third-order valence-electron chi connectivity index (χ3n) is 5.44. The molecule has 2 unspecified atom stereocenters. The number of nitrogens with one attached hydrogen (secondary N) is 1. The van der Waals surface area contributed by atoms with Gasteiger partial charge in [-0.1, -0.05) is 11.8 Å². The number of thioether (sulfide) groups is 1. The lowest BCUT2D eigenvalue weighted by Gasteiger charge is -2.25. The minimum Gasteiger partial charge on any atom is -0.463 e. The van der Waals surface area contributed by atoms with Gasteiger partial charge in [0.25, 0.3) is 0 Å². The minimum atomic E-state index is -1.36. The van der Waals surface area contributed by atoms with Crippen LogP contribution >= 0.6 is 11.8 Å². The van der Waals surface area contributed by atoms with E-state index in [0.717, 1.165) is 31.8 Å². The molecule has 1 aliphatic heterocycles. The van der Waals surface area contributed by atoms with Crippen molar-refractivity contribution in [3.05, 3.63) is 22.0 Å². The minimum absolute atomic E-state index is 0.0498. The van der Waals surface area contributed by atoms with Crippen LogP contribution in [0.5, 0.6) is 0 Å². The van der Waals surface area contributed by atoms with Crippen molar-refractivity contribution in [3.8, 4) is 0 Å². The molecule has 1 N–H and O–H groups in total. The molecule has 1 aliphatic rings. The van der Waals surface area contributed by atoms with Crippen molar-refractivity contribution in [2.45, 2.75) is 64.3 Å². The van der Waals surface area contributed by atoms with Crippen LogP contribution in [0.1, 0.15) is 51.2 Å². The smallest absolute Gasteiger partial charge is 0.343 e. The fraction of sp³-hybridized carbons (Fsp3) is 0.500. The molecule has 2 aromatic rings. The van der Waals surface area contributed by atoms with E-state index in [1.165, 1.54) is 18.4 Å². The van der Waals surface area contributed by atoms with Crippen LogP contribution in [0.4, 0.5) is 5.82 Å². The first-order chi connectivity index (χ1) is 18.9. The summed E-state index contributed by atoms with van der Waals surface area (Å²) in [4.78, 5) is 82.5. The maximum absolute atomic E-state index is 13.5. The lowest BCUT2D eigenvalue weighted by molar-refractivity contribution is -0.166. The van der Waals surface area contributed by atoms with Gasteiger partial charge in [-0.15, -0.1) is 0 Å². The lowest BCUT2D eigenvalue weighted by atomic mass is 10.1. The molecular formula is C24H28N4O11S. The highest BCUT2D eigenvalue weighted by Crippen LogP contribution is 2.36. The summed E-state index contributed by atoms with van der Waals surface area (Å²) in [5.74, 6) is -3.86. The van der Waals surface area contributed by atoms with Gasteiger partial charge in [-0.25, -0.2) is 14.8 Å². The lowest BCUT2D eigenvalue weighted by Crippen LogP contribution is -2.40. The Morgan fingerprint density at radius 3 is 2.20 bits per heavy atom. The van der Waals surface area contributed by atoms with Crippen molar-refractivity contribution in [1.82, 2.24) is 14.5 Å². The number of ether oxygens (including phenoxy) is 5. The highest BCUT2D eigenvalue weighted by Gasteiger charge is 2.51. The molecule has 3 heterocycles. The summed E-state index contributed by atoms with van der Waals surface area (Å²) in [6, 6.07) is 0. The molecule has 0 saturated carbocycles. The molecule has 0 radical (unpaired) electrons. The average Bonchev–Trinajstić information content (AvgIpc) is 3.17. The van der Waals surface area contributed by atoms with Crippen molar-refractivity contribution < 1.29 is 47.7 Å². The zero-order valence-corrected chi connectivity index (χ0v) is 23.4. The summed E-state index contributed by atoms with van der Waals surface area (Å²) in [6.07, 6.45) is -2.33. The highest BCUT2D eigenvalue weighted by molar-refractivity contribution is 7.98. The molecule has 1 saturated heterocycles. The fourth-order valence-corrected chi connectivity index (χ4v) is 4.39. The number of pyridine rings is 1. The number of carbonyl (C=O) groups excluding carboxylic acids is 5. The first-order valence-corrected chi connectivity index (χ1v) is 13.2. The second-order valence-electron chi connectivity index (χ2n) is 8.45. The second-order valence-corrected chi connectivity index (χ2v) is 9.23. The van der Waals surface area contributed by atoms with Crippen molar-refractivity contribution >= 4 is 58.4 Å². The Bertz CT molecular complexity index is 1410. The van der Waals surface area contributed by atoms with Crippen LogP contribution in [0.3, 0.4) is 0 Å². The number of nitrogens with zero attached hydrogens (tertiary/aromatic N) is 3. The Kier molecular flexibility index (Phi) is 9.81.